The van der Waals surface area contributed by atoms with Crippen LogP contribution in [0.1, 0.15) is 16.1 Å². The monoisotopic (exact) mass is 304 g/mol. The van der Waals surface area contributed by atoms with Gasteiger partial charge < -0.3 is 10.4 Å². The van der Waals surface area contributed by atoms with E-state index in [1.165, 1.54) is 28.9 Å². The van der Waals surface area contributed by atoms with Gasteiger partial charge in [-0.2, -0.15) is 9.61 Å². The minimum absolute atomic E-state index is 0.00289. The third-order valence-corrected chi connectivity index (χ3v) is 3.01. The third-order valence-electron chi connectivity index (χ3n) is 3.01. The van der Waals surface area contributed by atoms with Crippen molar-refractivity contribution in [3.63, 3.8) is 0 Å². The van der Waals surface area contributed by atoms with Gasteiger partial charge in [-0.15, -0.1) is 0 Å². The van der Waals surface area contributed by atoms with Crippen LogP contribution in [-0.2, 0) is 6.54 Å². The standard InChI is InChI=1S/C14H10F2N4O2/c15-9-2-1-8(5-10(9)16)7-17-14(22)11-6-13(21)20-12(19-11)3-4-18-20/h1-6,21H,7H2,(H,17,22). The predicted octanol–water partition coefficient (Wildman–Crippen LogP) is 1.64. The first-order chi connectivity index (χ1) is 10.5. The molecule has 2 heterocycles. The fraction of sp³-hybridized carbons (Fsp3) is 0.0714. The molecule has 0 aliphatic rings. The van der Waals surface area contributed by atoms with Gasteiger partial charge in [0, 0.05) is 18.7 Å². The summed E-state index contributed by atoms with van der Waals surface area (Å²) in [6.45, 7) is 0.00289. The first-order valence-electron chi connectivity index (χ1n) is 6.30. The number of hydrogen-bond acceptors (Lipinski definition) is 4. The second-order valence-electron chi connectivity index (χ2n) is 4.53. The molecule has 0 atom stereocenters. The Morgan fingerprint density at radius 3 is 2.82 bits per heavy atom. The van der Waals surface area contributed by atoms with Crippen LogP contribution in [-0.4, -0.2) is 25.6 Å². The molecule has 112 valence electrons. The average Bonchev–Trinajstić information content (AvgIpc) is 2.97. The predicted molar refractivity (Wildman–Crippen MR) is 72.2 cm³/mol. The number of nitrogens with one attached hydrogen (secondary N) is 1. The topological polar surface area (TPSA) is 79.5 Å². The van der Waals surface area contributed by atoms with Crippen molar-refractivity contribution in [2.75, 3.05) is 0 Å². The second kappa shape index (κ2) is 5.40. The lowest BCUT2D eigenvalue weighted by atomic mass is 10.2. The van der Waals surface area contributed by atoms with E-state index in [4.69, 9.17) is 0 Å². The molecule has 6 nitrogen and oxygen atoms in total. The fourth-order valence-electron chi connectivity index (χ4n) is 1.94. The van der Waals surface area contributed by atoms with Gasteiger partial charge in [0.25, 0.3) is 5.91 Å². The van der Waals surface area contributed by atoms with E-state index >= 15 is 0 Å². The number of hydrogen-bond donors (Lipinski definition) is 2. The Balaban J connectivity index is 1.76. The number of benzene rings is 1. The molecule has 0 aliphatic carbocycles. The molecule has 3 aromatic rings. The Labute approximate surface area is 123 Å². The maximum atomic E-state index is 13.1. The van der Waals surface area contributed by atoms with Gasteiger partial charge in [0.05, 0.1) is 6.20 Å². The van der Waals surface area contributed by atoms with Crippen LogP contribution in [0, 0.1) is 11.6 Å². The Hall–Kier alpha value is -3.03. The summed E-state index contributed by atoms with van der Waals surface area (Å²) in [4.78, 5) is 16.0. The Morgan fingerprint density at radius 2 is 2.05 bits per heavy atom. The van der Waals surface area contributed by atoms with Gasteiger partial charge in [-0.05, 0) is 17.7 Å². The zero-order valence-electron chi connectivity index (χ0n) is 11.1. The number of nitrogens with zero attached hydrogens (tertiary/aromatic N) is 3. The summed E-state index contributed by atoms with van der Waals surface area (Å²) in [6.07, 6.45) is 1.44. The molecule has 2 aromatic heterocycles. The third kappa shape index (κ3) is 2.58. The van der Waals surface area contributed by atoms with Crippen LogP contribution >= 0.6 is 0 Å². The maximum absolute atomic E-state index is 13.1. The number of fused-ring (bicyclic) bond motifs is 1. The summed E-state index contributed by atoms with van der Waals surface area (Å²) in [5, 5.41) is 16.1. The van der Waals surface area contributed by atoms with E-state index in [1.807, 2.05) is 0 Å². The number of carbonyl (C=O) groups excluding carboxylic acids is 1. The minimum atomic E-state index is -0.983. The molecule has 2 N–H and O–H groups in total. The van der Waals surface area contributed by atoms with E-state index in [0.29, 0.717) is 11.2 Å². The van der Waals surface area contributed by atoms with Gasteiger partial charge in [-0.25, -0.2) is 13.8 Å². The molecular formula is C14H10F2N4O2. The Morgan fingerprint density at radius 1 is 1.23 bits per heavy atom. The van der Waals surface area contributed by atoms with E-state index in [-0.39, 0.29) is 18.1 Å². The molecule has 0 aliphatic heterocycles. The van der Waals surface area contributed by atoms with Gasteiger partial charge in [0.2, 0.25) is 5.88 Å². The zero-order chi connectivity index (χ0) is 15.7. The second-order valence-corrected chi connectivity index (χ2v) is 4.53. The summed E-state index contributed by atoms with van der Waals surface area (Å²) in [7, 11) is 0. The smallest absolute Gasteiger partial charge is 0.270 e. The highest BCUT2D eigenvalue weighted by Crippen LogP contribution is 2.13. The highest BCUT2D eigenvalue weighted by molar-refractivity contribution is 5.93. The first-order valence-corrected chi connectivity index (χ1v) is 6.30. The maximum Gasteiger partial charge on any atom is 0.270 e. The molecule has 1 aromatic carbocycles. The number of amides is 1. The molecule has 22 heavy (non-hydrogen) atoms. The van der Waals surface area contributed by atoms with Crippen LogP contribution in [0.2, 0.25) is 0 Å². The van der Waals surface area contributed by atoms with Crippen molar-refractivity contribution in [3.05, 3.63) is 59.4 Å². The van der Waals surface area contributed by atoms with E-state index in [1.54, 1.807) is 0 Å². The molecule has 0 saturated carbocycles. The van der Waals surface area contributed by atoms with Gasteiger partial charge >= 0.3 is 0 Å². The molecule has 1 amide bonds. The number of carbonyl (C=O) groups is 1. The minimum Gasteiger partial charge on any atom is -0.493 e. The number of halogens is 2. The molecule has 0 fully saturated rings. The number of aromatic nitrogens is 3. The summed E-state index contributed by atoms with van der Waals surface area (Å²) in [6, 6.07) is 6.05. The van der Waals surface area contributed by atoms with Crippen molar-refractivity contribution in [1.29, 1.82) is 0 Å². The largest absolute Gasteiger partial charge is 0.493 e. The van der Waals surface area contributed by atoms with Crippen molar-refractivity contribution >= 4 is 11.6 Å². The lowest BCUT2D eigenvalue weighted by molar-refractivity contribution is 0.0945. The summed E-state index contributed by atoms with van der Waals surface area (Å²) in [5.41, 5.74) is 0.716. The fourth-order valence-corrected chi connectivity index (χ4v) is 1.94. The van der Waals surface area contributed by atoms with E-state index < -0.39 is 17.5 Å². The van der Waals surface area contributed by atoms with Crippen LogP contribution < -0.4 is 5.32 Å². The van der Waals surface area contributed by atoms with Crippen LogP contribution in [0.4, 0.5) is 8.78 Å². The van der Waals surface area contributed by atoms with Crippen molar-refractivity contribution in [2.24, 2.45) is 0 Å². The molecule has 0 bridgehead atoms. The van der Waals surface area contributed by atoms with Crippen LogP contribution in [0.5, 0.6) is 5.88 Å². The lowest BCUT2D eigenvalue weighted by Gasteiger charge is -2.06. The summed E-state index contributed by atoms with van der Waals surface area (Å²) < 4.78 is 27.1. The normalized spacial score (nSPS) is 10.8. The highest BCUT2D eigenvalue weighted by atomic mass is 19.2. The quantitative estimate of drug-likeness (QED) is 0.771. The lowest BCUT2D eigenvalue weighted by Crippen LogP contribution is -2.24. The van der Waals surface area contributed by atoms with Crippen molar-refractivity contribution in [2.45, 2.75) is 6.54 Å². The molecule has 0 unspecified atom stereocenters. The molecule has 0 spiro atoms. The van der Waals surface area contributed by atoms with Crippen LogP contribution in [0.15, 0.2) is 36.5 Å². The average molecular weight is 304 g/mol. The Kier molecular flexibility index (Phi) is 3.42. The van der Waals surface area contributed by atoms with Gasteiger partial charge in [0.15, 0.2) is 17.3 Å². The molecular weight excluding hydrogens is 294 g/mol. The van der Waals surface area contributed by atoms with E-state index in [0.717, 1.165) is 12.1 Å². The van der Waals surface area contributed by atoms with Gasteiger partial charge in [-0.1, -0.05) is 6.07 Å². The van der Waals surface area contributed by atoms with E-state index in [2.05, 4.69) is 15.4 Å². The van der Waals surface area contributed by atoms with Crippen molar-refractivity contribution < 1.29 is 18.7 Å². The molecule has 0 saturated heterocycles. The number of rotatable bonds is 3. The highest BCUT2D eigenvalue weighted by Gasteiger charge is 2.12. The first kappa shape index (κ1) is 13.9. The van der Waals surface area contributed by atoms with Gasteiger partial charge in [-0.3, -0.25) is 4.79 Å². The van der Waals surface area contributed by atoms with Gasteiger partial charge in [0.1, 0.15) is 5.69 Å². The van der Waals surface area contributed by atoms with Crippen LogP contribution in [0.3, 0.4) is 0 Å². The molecule has 0 radical (unpaired) electrons. The molecule has 8 heteroatoms. The number of aromatic hydroxyl groups is 1. The zero-order valence-corrected chi connectivity index (χ0v) is 11.1. The Bertz CT molecular complexity index is 863. The van der Waals surface area contributed by atoms with Crippen molar-refractivity contribution in [1.82, 2.24) is 19.9 Å². The summed E-state index contributed by atoms with van der Waals surface area (Å²) in [5.74, 6) is -2.72. The van der Waals surface area contributed by atoms with E-state index in [9.17, 15) is 18.7 Å². The van der Waals surface area contributed by atoms with Crippen LogP contribution in [0.25, 0.3) is 5.65 Å². The van der Waals surface area contributed by atoms with Crippen molar-refractivity contribution in [3.8, 4) is 5.88 Å². The summed E-state index contributed by atoms with van der Waals surface area (Å²) >= 11 is 0. The molecule has 3 rings (SSSR count). The SMILES string of the molecule is O=C(NCc1ccc(F)c(F)c1)c1cc(O)n2nccc2n1.